The third-order valence-corrected chi connectivity index (χ3v) is 3.96. The minimum atomic E-state index is 0. The van der Waals surface area contributed by atoms with E-state index in [1.165, 1.54) is 4.88 Å². The first-order valence-electron chi connectivity index (χ1n) is 4.93. The van der Waals surface area contributed by atoms with Gasteiger partial charge >= 0.3 is 0 Å². The average Bonchev–Trinajstić information content (AvgIpc) is 2.77. The Kier molecular flexibility index (Phi) is 6.31. The molecule has 0 fully saturated rings. The highest BCUT2D eigenvalue weighted by molar-refractivity contribution is 7.09. The number of nitrogens with one attached hydrogen (secondary N) is 1. The van der Waals surface area contributed by atoms with Crippen LogP contribution < -0.4 is 17.7 Å². The summed E-state index contributed by atoms with van der Waals surface area (Å²) in [4.78, 5) is 1.32. The van der Waals surface area contributed by atoms with Crippen molar-refractivity contribution in [2.45, 2.75) is 13.1 Å². The zero-order valence-corrected chi connectivity index (χ0v) is 12.0. The second-order valence-electron chi connectivity index (χ2n) is 3.40. The second kappa shape index (κ2) is 7.24. The topological polar surface area (TPSA) is 12.0 Å². The van der Waals surface area contributed by atoms with E-state index in [-0.39, 0.29) is 12.4 Å². The van der Waals surface area contributed by atoms with Gasteiger partial charge in [-0.25, -0.2) is 0 Å². The van der Waals surface area contributed by atoms with Crippen molar-refractivity contribution in [3.05, 3.63) is 56.2 Å². The molecule has 0 atom stereocenters. The average molecular weight is 308 g/mol. The smallest absolute Gasteiger partial charge is 0.0637 e. The van der Waals surface area contributed by atoms with Crippen molar-refractivity contribution in [2.75, 3.05) is 0 Å². The summed E-state index contributed by atoms with van der Waals surface area (Å²) in [6.45, 7) is 1.60. The predicted octanol–water partition coefficient (Wildman–Crippen LogP) is 1.35. The number of thiophene rings is 1. The molecule has 0 saturated heterocycles. The fourth-order valence-corrected chi connectivity index (χ4v) is 2.48. The second-order valence-corrected chi connectivity index (χ2v) is 5.21. The fraction of sp³-hybridized carbons (Fsp3) is 0.167. The van der Waals surface area contributed by atoms with Crippen molar-refractivity contribution in [1.29, 1.82) is 0 Å². The van der Waals surface area contributed by atoms with Crippen LogP contribution in [-0.4, -0.2) is 0 Å². The van der Waals surface area contributed by atoms with Gasteiger partial charge in [-0.2, -0.15) is 0 Å². The molecule has 92 valence electrons. The number of halogens is 3. The summed E-state index contributed by atoms with van der Waals surface area (Å²) in [5.41, 5.74) is 1.03. The van der Waals surface area contributed by atoms with Gasteiger partial charge in [0.05, 0.1) is 10.0 Å². The number of rotatable bonds is 4. The zero-order valence-electron chi connectivity index (χ0n) is 8.92. The van der Waals surface area contributed by atoms with E-state index in [1.54, 1.807) is 17.4 Å². The molecule has 1 aromatic heterocycles. The molecule has 17 heavy (non-hydrogen) atoms. The Bertz CT molecular complexity index is 457. The van der Waals surface area contributed by atoms with Crippen LogP contribution in [0, 0.1) is 0 Å². The maximum absolute atomic E-state index is 6.08. The van der Waals surface area contributed by atoms with Crippen molar-refractivity contribution >= 4 is 34.5 Å². The number of hydrogen-bond acceptors (Lipinski definition) is 2. The highest BCUT2D eigenvalue weighted by Gasteiger charge is 2.03. The van der Waals surface area contributed by atoms with Crippen molar-refractivity contribution < 1.29 is 12.4 Å². The molecule has 0 amide bonds. The highest BCUT2D eigenvalue weighted by Crippen LogP contribution is 2.25. The predicted molar refractivity (Wildman–Crippen MR) is 71.3 cm³/mol. The van der Waals surface area contributed by atoms with E-state index in [4.69, 9.17) is 23.2 Å². The van der Waals surface area contributed by atoms with Crippen LogP contribution in [0.3, 0.4) is 0 Å². The van der Waals surface area contributed by atoms with Gasteiger partial charge in [0.1, 0.15) is 0 Å². The number of benzene rings is 1. The third-order valence-electron chi connectivity index (χ3n) is 2.23. The highest BCUT2D eigenvalue weighted by atomic mass is 35.5. The van der Waals surface area contributed by atoms with Gasteiger partial charge in [-0.15, -0.1) is 11.3 Å². The quantitative estimate of drug-likeness (QED) is 0.899. The SMILES string of the molecule is Clc1cccc(CNCc2cccs2)c1Cl.[Cl-]. The van der Waals surface area contributed by atoms with Crippen LogP contribution in [0.4, 0.5) is 0 Å². The van der Waals surface area contributed by atoms with Crippen LogP contribution in [0.15, 0.2) is 35.7 Å². The Morgan fingerprint density at radius 1 is 1.06 bits per heavy atom. The summed E-state index contributed by atoms with van der Waals surface area (Å²) in [5.74, 6) is 0. The molecule has 0 aliphatic carbocycles. The van der Waals surface area contributed by atoms with Gasteiger partial charge in [0.15, 0.2) is 0 Å². The molecule has 0 spiro atoms. The van der Waals surface area contributed by atoms with Gasteiger partial charge in [-0.05, 0) is 23.1 Å². The fourth-order valence-electron chi connectivity index (χ4n) is 1.42. The minimum absolute atomic E-state index is 0. The van der Waals surface area contributed by atoms with E-state index in [1.807, 2.05) is 18.2 Å². The minimum Gasteiger partial charge on any atom is -1.00 e. The van der Waals surface area contributed by atoms with Crippen LogP contribution >= 0.6 is 34.5 Å². The van der Waals surface area contributed by atoms with E-state index in [0.29, 0.717) is 10.0 Å². The normalized spacial score (nSPS) is 10.0. The van der Waals surface area contributed by atoms with E-state index in [0.717, 1.165) is 18.7 Å². The lowest BCUT2D eigenvalue weighted by atomic mass is 10.2. The molecule has 2 rings (SSSR count). The largest absolute Gasteiger partial charge is 1.00 e. The van der Waals surface area contributed by atoms with E-state index in [9.17, 15) is 0 Å². The molecule has 1 N–H and O–H groups in total. The van der Waals surface area contributed by atoms with Crippen LogP contribution in [0.1, 0.15) is 10.4 Å². The van der Waals surface area contributed by atoms with E-state index >= 15 is 0 Å². The molecule has 0 saturated carbocycles. The van der Waals surface area contributed by atoms with Gasteiger partial charge in [-0.1, -0.05) is 41.4 Å². The maximum Gasteiger partial charge on any atom is 0.0637 e. The van der Waals surface area contributed by atoms with Crippen LogP contribution in [0.5, 0.6) is 0 Å². The van der Waals surface area contributed by atoms with Gasteiger partial charge in [0, 0.05) is 18.0 Å². The van der Waals surface area contributed by atoms with Gasteiger partial charge in [-0.3, -0.25) is 0 Å². The van der Waals surface area contributed by atoms with Crippen LogP contribution in [0.25, 0.3) is 0 Å². The van der Waals surface area contributed by atoms with Crippen molar-refractivity contribution in [3.63, 3.8) is 0 Å². The summed E-state index contributed by atoms with van der Waals surface area (Å²) in [6.07, 6.45) is 0. The van der Waals surface area contributed by atoms with Gasteiger partial charge in [0.25, 0.3) is 0 Å². The first kappa shape index (κ1) is 14.8. The molecule has 0 aliphatic heterocycles. The first-order valence-corrected chi connectivity index (χ1v) is 6.57. The zero-order chi connectivity index (χ0) is 11.4. The molecular formula is C12H11Cl3NS-. The molecular weight excluding hydrogens is 297 g/mol. The molecule has 2 aromatic rings. The molecule has 1 heterocycles. The Morgan fingerprint density at radius 2 is 1.88 bits per heavy atom. The first-order chi connectivity index (χ1) is 7.77. The monoisotopic (exact) mass is 306 g/mol. The standard InChI is InChI=1S/C12H11Cl2NS.ClH/c13-11-5-1-3-9(12(11)14)7-15-8-10-4-2-6-16-10;/h1-6,15H,7-8H2;1H/p-1. The summed E-state index contributed by atoms with van der Waals surface area (Å²) in [7, 11) is 0. The van der Waals surface area contributed by atoms with E-state index in [2.05, 4.69) is 16.8 Å². The molecule has 1 nitrogen and oxygen atoms in total. The Morgan fingerprint density at radius 3 is 2.59 bits per heavy atom. The summed E-state index contributed by atoms with van der Waals surface area (Å²) >= 11 is 13.8. The maximum atomic E-state index is 6.08. The van der Waals surface area contributed by atoms with Crippen molar-refractivity contribution in [3.8, 4) is 0 Å². The van der Waals surface area contributed by atoms with Crippen LogP contribution in [-0.2, 0) is 13.1 Å². The molecule has 1 aromatic carbocycles. The van der Waals surface area contributed by atoms with Crippen molar-refractivity contribution in [2.24, 2.45) is 0 Å². The summed E-state index contributed by atoms with van der Waals surface area (Å²) in [5, 5.41) is 6.66. The Hall–Kier alpha value is -0.250. The summed E-state index contributed by atoms with van der Waals surface area (Å²) in [6, 6.07) is 9.85. The summed E-state index contributed by atoms with van der Waals surface area (Å²) < 4.78 is 0. The Balaban J connectivity index is 0.00000144. The number of hydrogen-bond donors (Lipinski definition) is 1. The van der Waals surface area contributed by atoms with Crippen LogP contribution in [0.2, 0.25) is 10.0 Å². The van der Waals surface area contributed by atoms with Crippen molar-refractivity contribution in [1.82, 2.24) is 5.32 Å². The molecule has 0 radical (unpaired) electrons. The lowest BCUT2D eigenvalue weighted by molar-refractivity contribution is -0.00000298. The van der Waals surface area contributed by atoms with E-state index < -0.39 is 0 Å². The molecule has 0 aliphatic rings. The molecule has 0 bridgehead atoms. The lowest BCUT2D eigenvalue weighted by Crippen LogP contribution is -3.00. The molecule has 0 unspecified atom stereocenters. The lowest BCUT2D eigenvalue weighted by Gasteiger charge is -2.06. The molecule has 5 heteroatoms. The Labute approximate surface area is 121 Å². The van der Waals surface area contributed by atoms with Gasteiger partial charge < -0.3 is 17.7 Å². The third kappa shape index (κ3) is 4.16. The van der Waals surface area contributed by atoms with Gasteiger partial charge in [0.2, 0.25) is 0 Å².